The van der Waals surface area contributed by atoms with E-state index in [2.05, 4.69) is 5.32 Å². The Morgan fingerprint density at radius 1 is 1.07 bits per heavy atom. The smallest absolute Gasteiger partial charge is 0.331 e. The van der Waals surface area contributed by atoms with Crippen LogP contribution in [0.5, 0.6) is 5.88 Å². The van der Waals surface area contributed by atoms with Gasteiger partial charge in [0, 0.05) is 6.07 Å². The number of halogens is 2. The lowest BCUT2D eigenvalue weighted by Crippen LogP contribution is -2.50. The molecule has 1 aromatic heterocycles. The highest BCUT2D eigenvalue weighted by atomic mass is 19.1. The number of benzene rings is 1. The molecule has 0 aliphatic heterocycles. The van der Waals surface area contributed by atoms with Gasteiger partial charge in [-0.1, -0.05) is 13.8 Å². The number of hydrogen-bond donors (Lipinski definition) is 4. The number of aliphatic carboxylic acids is 2. The van der Waals surface area contributed by atoms with Crippen LogP contribution in [-0.4, -0.2) is 48.5 Å². The van der Waals surface area contributed by atoms with E-state index in [4.69, 9.17) is 0 Å². The molecule has 4 N–H and O–H groups in total. The van der Waals surface area contributed by atoms with Gasteiger partial charge in [-0.25, -0.2) is 13.6 Å². The van der Waals surface area contributed by atoms with E-state index in [-0.39, 0.29) is 24.4 Å². The second-order valence-electron chi connectivity index (χ2n) is 7.36. The average Bonchev–Trinajstić information content (AvgIpc) is 2.86. The van der Waals surface area contributed by atoms with Crippen molar-refractivity contribution in [2.75, 3.05) is 0 Å². The number of nitrogens with zero attached hydrogens (tertiary/aromatic N) is 2. The largest absolute Gasteiger partial charge is 0.493 e. The molecular formula is C19H23F2N3O6. The minimum absolute atomic E-state index is 0.0306. The summed E-state index contributed by atoms with van der Waals surface area (Å²) in [6.07, 6.45) is 1.17. The van der Waals surface area contributed by atoms with E-state index in [1.807, 2.05) is 0 Å². The van der Waals surface area contributed by atoms with Gasteiger partial charge >= 0.3 is 17.6 Å². The Morgan fingerprint density at radius 3 is 2.13 bits per heavy atom. The summed E-state index contributed by atoms with van der Waals surface area (Å²) in [6.45, 7) is 2.74. The molecular weight excluding hydrogens is 404 g/mol. The summed E-state index contributed by atoms with van der Waals surface area (Å²) in [5.74, 6) is -4.91. The van der Waals surface area contributed by atoms with Gasteiger partial charge < -0.3 is 15.3 Å². The standard InChI is InChI=1S/C19H23F2N3O6/c1-10(2)3-14(17(26)27)22-15(18(28)29)8-24-16(25)9-23(19(24)30)7-11-4-12(20)6-13(21)5-11/h4-6,9-10,14-15,22,25H,3,7-8H2,1-2H3,(H,26,27)(H,28,29). The summed E-state index contributed by atoms with van der Waals surface area (Å²) in [7, 11) is 0. The molecule has 30 heavy (non-hydrogen) atoms. The monoisotopic (exact) mass is 427 g/mol. The molecule has 2 atom stereocenters. The van der Waals surface area contributed by atoms with Gasteiger partial charge in [-0.2, -0.15) is 0 Å². The number of carboxylic acid groups (broad SMARTS) is 2. The van der Waals surface area contributed by atoms with E-state index < -0.39 is 53.8 Å². The van der Waals surface area contributed by atoms with Gasteiger partial charge in [-0.15, -0.1) is 0 Å². The molecule has 0 saturated heterocycles. The zero-order chi connectivity index (χ0) is 22.6. The van der Waals surface area contributed by atoms with Crippen molar-refractivity contribution in [1.82, 2.24) is 14.5 Å². The molecule has 1 heterocycles. The van der Waals surface area contributed by atoms with Crippen LogP contribution < -0.4 is 11.0 Å². The highest BCUT2D eigenvalue weighted by Crippen LogP contribution is 2.13. The van der Waals surface area contributed by atoms with Gasteiger partial charge in [-0.3, -0.25) is 24.0 Å². The van der Waals surface area contributed by atoms with Crippen LogP contribution in [0.1, 0.15) is 25.8 Å². The molecule has 1 aromatic carbocycles. The number of carboxylic acids is 2. The van der Waals surface area contributed by atoms with Gasteiger partial charge in [0.15, 0.2) is 0 Å². The van der Waals surface area contributed by atoms with Crippen LogP contribution in [-0.2, 0) is 22.7 Å². The number of nitrogens with one attached hydrogen (secondary N) is 1. The molecule has 164 valence electrons. The zero-order valence-corrected chi connectivity index (χ0v) is 16.4. The Hall–Kier alpha value is -3.21. The van der Waals surface area contributed by atoms with Crippen molar-refractivity contribution >= 4 is 11.9 Å². The van der Waals surface area contributed by atoms with Gasteiger partial charge in [0.25, 0.3) is 0 Å². The quantitative estimate of drug-likeness (QED) is 0.448. The Bertz CT molecular complexity index is 965. The first-order valence-electron chi connectivity index (χ1n) is 9.13. The fraction of sp³-hybridized carbons (Fsp3) is 0.421. The predicted molar refractivity (Wildman–Crippen MR) is 101 cm³/mol. The van der Waals surface area contributed by atoms with Crippen molar-refractivity contribution in [3.63, 3.8) is 0 Å². The summed E-state index contributed by atoms with van der Waals surface area (Å²) in [5.41, 5.74) is -0.691. The number of imidazole rings is 1. The molecule has 0 bridgehead atoms. The number of hydrogen-bond acceptors (Lipinski definition) is 5. The highest BCUT2D eigenvalue weighted by molar-refractivity contribution is 5.77. The maximum Gasteiger partial charge on any atom is 0.331 e. The SMILES string of the molecule is CC(C)CC(NC(Cn1c(O)cn(Cc2cc(F)cc(F)c2)c1=O)C(=O)O)C(=O)O. The maximum atomic E-state index is 13.4. The Labute approximate surface area is 170 Å². The molecule has 0 aliphatic carbocycles. The molecule has 0 aliphatic rings. The van der Waals surface area contributed by atoms with Crippen LogP contribution in [0.15, 0.2) is 29.2 Å². The predicted octanol–water partition coefficient (Wildman–Crippen LogP) is 1.22. The molecule has 9 nitrogen and oxygen atoms in total. The number of aromatic hydroxyl groups is 1. The molecule has 2 unspecified atom stereocenters. The summed E-state index contributed by atoms with van der Waals surface area (Å²) in [6, 6.07) is 0.0786. The van der Waals surface area contributed by atoms with Gasteiger partial charge in [-0.05, 0) is 30.0 Å². The summed E-state index contributed by atoms with van der Waals surface area (Å²) in [5, 5.41) is 31.3. The summed E-state index contributed by atoms with van der Waals surface area (Å²) in [4.78, 5) is 35.6. The normalized spacial score (nSPS) is 13.4. The third-order valence-corrected chi connectivity index (χ3v) is 4.37. The average molecular weight is 427 g/mol. The fourth-order valence-electron chi connectivity index (χ4n) is 3.04. The van der Waals surface area contributed by atoms with E-state index >= 15 is 0 Å². The van der Waals surface area contributed by atoms with Crippen LogP contribution in [0, 0.1) is 17.6 Å². The van der Waals surface area contributed by atoms with E-state index in [1.165, 1.54) is 0 Å². The second kappa shape index (κ2) is 9.53. The fourth-order valence-corrected chi connectivity index (χ4v) is 3.04. The third-order valence-electron chi connectivity index (χ3n) is 4.37. The first kappa shape index (κ1) is 23.1. The van der Waals surface area contributed by atoms with Crippen molar-refractivity contribution in [2.24, 2.45) is 5.92 Å². The van der Waals surface area contributed by atoms with E-state index in [9.17, 15) is 38.5 Å². The van der Waals surface area contributed by atoms with Crippen LogP contribution >= 0.6 is 0 Å². The lowest BCUT2D eigenvalue weighted by Gasteiger charge is -2.21. The topological polar surface area (TPSA) is 134 Å². The van der Waals surface area contributed by atoms with Crippen molar-refractivity contribution in [3.05, 3.63) is 52.1 Å². The van der Waals surface area contributed by atoms with Crippen molar-refractivity contribution in [2.45, 2.75) is 45.4 Å². The zero-order valence-electron chi connectivity index (χ0n) is 16.4. The molecule has 0 spiro atoms. The lowest BCUT2D eigenvalue weighted by atomic mass is 10.0. The Balaban J connectivity index is 2.26. The third kappa shape index (κ3) is 5.89. The molecule has 11 heteroatoms. The minimum atomic E-state index is -1.48. The molecule has 2 rings (SSSR count). The summed E-state index contributed by atoms with van der Waals surface area (Å²) < 4.78 is 28.4. The summed E-state index contributed by atoms with van der Waals surface area (Å²) >= 11 is 0. The minimum Gasteiger partial charge on any atom is -0.493 e. The molecule has 0 amide bonds. The van der Waals surface area contributed by atoms with Crippen LogP contribution in [0.3, 0.4) is 0 Å². The van der Waals surface area contributed by atoms with E-state index in [0.29, 0.717) is 6.07 Å². The second-order valence-corrected chi connectivity index (χ2v) is 7.36. The maximum absolute atomic E-state index is 13.4. The molecule has 0 radical (unpaired) electrons. The van der Waals surface area contributed by atoms with Crippen molar-refractivity contribution in [3.8, 4) is 5.88 Å². The molecule has 2 aromatic rings. The van der Waals surface area contributed by atoms with Gasteiger partial charge in [0.05, 0.1) is 19.3 Å². The molecule has 0 fully saturated rings. The Morgan fingerprint density at radius 2 is 1.63 bits per heavy atom. The van der Waals surface area contributed by atoms with Gasteiger partial charge in [0.2, 0.25) is 5.88 Å². The first-order valence-corrected chi connectivity index (χ1v) is 9.13. The van der Waals surface area contributed by atoms with E-state index in [1.54, 1.807) is 13.8 Å². The van der Waals surface area contributed by atoms with Crippen LogP contribution in [0.4, 0.5) is 8.78 Å². The lowest BCUT2D eigenvalue weighted by molar-refractivity contribution is -0.143. The van der Waals surface area contributed by atoms with E-state index in [0.717, 1.165) is 27.5 Å². The van der Waals surface area contributed by atoms with Crippen molar-refractivity contribution < 1.29 is 33.7 Å². The van der Waals surface area contributed by atoms with Crippen LogP contribution in [0.2, 0.25) is 0 Å². The van der Waals surface area contributed by atoms with Crippen LogP contribution in [0.25, 0.3) is 0 Å². The van der Waals surface area contributed by atoms with Crippen molar-refractivity contribution in [1.29, 1.82) is 0 Å². The first-order chi connectivity index (χ1) is 14.0. The number of aromatic nitrogens is 2. The molecule has 0 saturated carbocycles. The number of carbonyl (C=O) groups is 2. The number of rotatable bonds is 10. The Kier molecular flexibility index (Phi) is 7.33. The highest BCUT2D eigenvalue weighted by Gasteiger charge is 2.28. The van der Waals surface area contributed by atoms with Gasteiger partial charge in [0.1, 0.15) is 23.7 Å².